The van der Waals surface area contributed by atoms with E-state index >= 15 is 0 Å². The first-order chi connectivity index (χ1) is 11.3. The maximum absolute atomic E-state index is 12.4. The number of esters is 1. The van der Waals surface area contributed by atoms with Crippen LogP contribution in [0.15, 0.2) is 0 Å². The van der Waals surface area contributed by atoms with Crippen molar-refractivity contribution < 1.29 is 18.4 Å². The Morgan fingerprint density at radius 2 is 1.27 bits per heavy atom. The second-order valence-corrected chi connectivity index (χ2v) is 20.5. The SMILES string of the molecule is COC(=O)C(C)(C)C(CCO[Si](C)(C)C(C)(C)C)O[Si](C)(C)C(C)(C)C. The Labute approximate surface area is 164 Å². The molecule has 6 heteroatoms. The van der Waals surface area contributed by atoms with Gasteiger partial charge in [-0.1, -0.05) is 41.5 Å². The van der Waals surface area contributed by atoms with Gasteiger partial charge in [-0.3, -0.25) is 4.79 Å². The van der Waals surface area contributed by atoms with Gasteiger partial charge in [0.25, 0.3) is 0 Å². The Bertz CT molecular complexity index is 471. The van der Waals surface area contributed by atoms with Crippen molar-refractivity contribution in [1.82, 2.24) is 0 Å². The molecule has 156 valence electrons. The topological polar surface area (TPSA) is 44.8 Å². The zero-order chi connectivity index (χ0) is 21.2. The second kappa shape index (κ2) is 8.45. The van der Waals surface area contributed by atoms with Crippen LogP contribution in [0.3, 0.4) is 0 Å². The van der Waals surface area contributed by atoms with E-state index in [1.54, 1.807) is 0 Å². The molecular weight excluding hydrogens is 360 g/mol. The second-order valence-electron chi connectivity index (χ2n) is 11.0. The predicted molar refractivity (Wildman–Crippen MR) is 116 cm³/mol. The van der Waals surface area contributed by atoms with Crippen LogP contribution >= 0.6 is 0 Å². The van der Waals surface area contributed by atoms with Gasteiger partial charge in [0.05, 0.1) is 18.6 Å². The minimum absolute atomic E-state index is 0.0811. The molecule has 0 aliphatic heterocycles. The monoisotopic (exact) mass is 404 g/mol. The lowest BCUT2D eigenvalue weighted by molar-refractivity contribution is -0.157. The number of hydrogen-bond acceptors (Lipinski definition) is 4. The molecule has 1 unspecified atom stereocenters. The minimum Gasteiger partial charge on any atom is -0.469 e. The third-order valence-electron chi connectivity index (χ3n) is 6.41. The summed E-state index contributed by atoms with van der Waals surface area (Å²) in [6.07, 6.45) is 0.474. The van der Waals surface area contributed by atoms with Crippen molar-refractivity contribution in [3.8, 4) is 0 Å². The summed E-state index contributed by atoms with van der Waals surface area (Å²) in [4.78, 5) is 12.4. The van der Waals surface area contributed by atoms with Crippen molar-refractivity contribution in [2.45, 2.75) is 104 Å². The average molecular weight is 405 g/mol. The summed E-state index contributed by atoms with van der Waals surface area (Å²) in [5, 5.41) is 0.248. The normalized spacial score (nSPS) is 15.7. The summed E-state index contributed by atoms with van der Waals surface area (Å²) in [5.41, 5.74) is -0.707. The maximum atomic E-state index is 12.4. The molecule has 0 N–H and O–H groups in total. The van der Waals surface area contributed by atoms with E-state index in [1.807, 2.05) is 13.8 Å². The standard InChI is InChI=1S/C20H44O4Si2/c1-18(2,3)25(10,11)23-15-14-16(20(7,8)17(21)22-9)24-26(12,13)19(4,5)6/h16H,14-15H2,1-13H3. The van der Waals surface area contributed by atoms with Crippen molar-refractivity contribution in [2.24, 2.45) is 5.41 Å². The average Bonchev–Trinajstić information content (AvgIpc) is 2.42. The number of methoxy groups -OCH3 is 1. The minimum atomic E-state index is -2.02. The molecule has 0 saturated heterocycles. The Kier molecular flexibility index (Phi) is 8.40. The zero-order valence-electron chi connectivity index (χ0n) is 19.6. The van der Waals surface area contributed by atoms with Gasteiger partial charge >= 0.3 is 5.97 Å². The van der Waals surface area contributed by atoms with Gasteiger partial charge in [-0.2, -0.15) is 0 Å². The van der Waals surface area contributed by atoms with E-state index in [0.717, 1.165) is 0 Å². The molecule has 0 aliphatic rings. The number of carbonyl (C=O) groups is 1. The van der Waals surface area contributed by atoms with Crippen molar-refractivity contribution >= 4 is 22.6 Å². The smallest absolute Gasteiger partial charge is 0.313 e. The largest absolute Gasteiger partial charge is 0.469 e. The molecule has 0 amide bonds. The summed E-state index contributed by atoms with van der Waals surface area (Å²) in [6.45, 7) is 26.8. The lowest BCUT2D eigenvalue weighted by atomic mass is 9.85. The Morgan fingerprint density at radius 1 is 0.846 bits per heavy atom. The predicted octanol–water partition coefficient (Wildman–Crippen LogP) is 5.99. The molecule has 1 atom stereocenters. The van der Waals surface area contributed by atoms with Gasteiger partial charge in [0.15, 0.2) is 16.6 Å². The quantitative estimate of drug-likeness (QED) is 0.368. The van der Waals surface area contributed by atoms with Crippen molar-refractivity contribution in [3.63, 3.8) is 0 Å². The van der Waals surface area contributed by atoms with Gasteiger partial charge in [0.1, 0.15) is 0 Å². The molecule has 0 radical (unpaired) electrons. The van der Waals surface area contributed by atoms with Gasteiger partial charge in [-0.15, -0.1) is 0 Å². The molecular formula is C20H44O4Si2. The van der Waals surface area contributed by atoms with Crippen molar-refractivity contribution in [1.29, 1.82) is 0 Å². The maximum Gasteiger partial charge on any atom is 0.313 e. The number of rotatable bonds is 8. The van der Waals surface area contributed by atoms with Crippen LogP contribution in [0.25, 0.3) is 0 Å². The molecule has 4 nitrogen and oxygen atoms in total. The number of carbonyl (C=O) groups excluding carboxylic acids is 1. The van der Waals surface area contributed by atoms with Crippen molar-refractivity contribution in [2.75, 3.05) is 13.7 Å². The molecule has 0 rings (SSSR count). The van der Waals surface area contributed by atoms with E-state index in [-0.39, 0.29) is 22.1 Å². The number of hydrogen-bond donors (Lipinski definition) is 0. The molecule has 0 aromatic rings. The summed E-state index contributed by atoms with van der Waals surface area (Å²) < 4.78 is 18.1. The molecule has 0 saturated carbocycles. The third-order valence-corrected chi connectivity index (χ3v) is 15.4. The Balaban J connectivity index is 5.41. The number of ether oxygens (including phenoxy) is 1. The van der Waals surface area contributed by atoms with Gasteiger partial charge in [0, 0.05) is 6.61 Å². The van der Waals surface area contributed by atoms with E-state index in [4.69, 9.17) is 13.6 Å². The molecule has 0 bridgehead atoms. The van der Waals surface area contributed by atoms with Crippen LogP contribution in [0.4, 0.5) is 0 Å². The van der Waals surface area contributed by atoms with Gasteiger partial charge in [-0.25, -0.2) is 0 Å². The van der Waals surface area contributed by atoms with E-state index in [9.17, 15) is 4.79 Å². The first kappa shape index (κ1) is 25.8. The van der Waals surface area contributed by atoms with E-state index in [2.05, 4.69) is 67.7 Å². The van der Waals surface area contributed by atoms with Gasteiger partial charge in [0.2, 0.25) is 0 Å². The first-order valence-corrected chi connectivity index (χ1v) is 15.5. The Hall–Kier alpha value is -0.176. The lowest BCUT2D eigenvalue weighted by Gasteiger charge is -2.44. The van der Waals surface area contributed by atoms with E-state index in [1.165, 1.54) is 7.11 Å². The third kappa shape index (κ3) is 6.46. The van der Waals surface area contributed by atoms with E-state index in [0.29, 0.717) is 13.0 Å². The summed E-state index contributed by atoms with van der Waals surface area (Å²) >= 11 is 0. The fourth-order valence-corrected chi connectivity index (χ4v) is 4.67. The van der Waals surface area contributed by atoms with Crippen LogP contribution in [0.1, 0.15) is 61.8 Å². The van der Waals surface area contributed by atoms with Crippen molar-refractivity contribution in [3.05, 3.63) is 0 Å². The fourth-order valence-electron chi connectivity index (χ4n) is 2.13. The van der Waals surface area contributed by atoms with E-state index < -0.39 is 22.0 Å². The Morgan fingerprint density at radius 3 is 1.62 bits per heavy atom. The van der Waals surface area contributed by atoms with Crippen LogP contribution in [0.5, 0.6) is 0 Å². The lowest BCUT2D eigenvalue weighted by Crippen LogP contribution is -2.51. The molecule has 0 spiro atoms. The molecule has 0 aromatic heterocycles. The van der Waals surface area contributed by atoms with Crippen LogP contribution < -0.4 is 0 Å². The van der Waals surface area contributed by atoms with Crippen LogP contribution in [0, 0.1) is 5.41 Å². The summed E-state index contributed by atoms with van der Waals surface area (Å²) in [5.74, 6) is -0.228. The highest BCUT2D eigenvalue weighted by molar-refractivity contribution is 6.74. The van der Waals surface area contributed by atoms with Crippen LogP contribution in [-0.2, 0) is 18.4 Å². The highest BCUT2D eigenvalue weighted by Crippen LogP contribution is 2.41. The molecule has 0 aliphatic carbocycles. The van der Waals surface area contributed by atoms with Gasteiger partial charge in [-0.05, 0) is 56.5 Å². The van der Waals surface area contributed by atoms with Crippen LogP contribution in [-0.4, -0.2) is 42.4 Å². The molecule has 0 fully saturated rings. The van der Waals surface area contributed by atoms with Gasteiger partial charge < -0.3 is 13.6 Å². The molecule has 26 heavy (non-hydrogen) atoms. The highest BCUT2D eigenvalue weighted by atomic mass is 28.4. The molecule has 0 heterocycles. The first-order valence-electron chi connectivity index (χ1n) is 9.70. The zero-order valence-corrected chi connectivity index (χ0v) is 21.6. The summed E-state index contributed by atoms with van der Waals surface area (Å²) in [7, 11) is -2.40. The molecule has 0 aromatic carbocycles. The van der Waals surface area contributed by atoms with Crippen LogP contribution in [0.2, 0.25) is 36.3 Å². The fraction of sp³-hybridized carbons (Fsp3) is 0.950. The summed E-state index contributed by atoms with van der Waals surface area (Å²) in [6, 6.07) is 0. The highest BCUT2D eigenvalue weighted by Gasteiger charge is 2.46.